The molecule has 0 aliphatic carbocycles. The Morgan fingerprint density at radius 3 is 2.48 bits per heavy atom. The quantitative estimate of drug-likeness (QED) is 0.374. The first-order chi connectivity index (χ1) is 15.0. The number of carbonyl (C=O) groups excluding carboxylic acids is 1. The Kier molecular flexibility index (Phi) is 6.09. The van der Waals surface area contributed by atoms with E-state index in [-0.39, 0.29) is 17.8 Å². The van der Waals surface area contributed by atoms with E-state index >= 15 is 0 Å². The van der Waals surface area contributed by atoms with Gasteiger partial charge in [0.05, 0.1) is 11.7 Å². The normalized spacial score (nSPS) is 11.7. The molecule has 31 heavy (non-hydrogen) atoms. The molecule has 0 aliphatic rings. The summed E-state index contributed by atoms with van der Waals surface area (Å²) in [6, 6.07) is 20.8. The van der Waals surface area contributed by atoms with Crippen LogP contribution in [0, 0.1) is 19.7 Å². The van der Waals surface area contributed by atoms with Crippen molar-refractivity contribution < 1.29 is 9.18 Å². The molecule has 4 aromatic rings. The van der Waals surface area contributed by atoms with Crippen LogP contribution in [0.1, 0.15) is 38.1 Å². The van der Waals surface area contributed by atoms with Crippen molar-refractivity contribution in [3.63, 3.8) is 0 Å². The molecule has 2 aromatic carbocycles. The maximum absolute atomic E-state index is 13.8. The molecule has 2 heterocycles. The van der Waals surface area contributed by atoms with E-state index in [0.29, 0.717) is 11.3 Å². The minimum Gasteiger partial charge on any atom is -0.373 e. The summed E-state index contributed by atoms with van der Waals surface area (Å²) in [5, 5.41) is 7.24. The second-order valence-corrected chi connectivity index (χ2v) is 8.41. The second kappa shape index (κ2) is 9.10. The lowest BCUT2D eigenvalue weighted by molar-refractivity contribution is 0.102. The van der Waals surface area contributed by atoms with Gasteiger partial charge in [-0.05, 0) is 61.9 Å². The molecule has 0 spiro atoms. The molecule has 0 fully saturated rings. The average Bonchev–Trinajstić information content (AvgIpc) is 3.06. The molecule has 0 saturated heterocycles. The van der Waals surface area contributed by atoms with Gasteiger partial charge in [-0.2, -0.15) is 0 Å². The summed E-state index contributed by atoms with van der Waals surface area (Å²) in [7, 11) is 0. The molecule has 4 nitrogen and oxygen atoms in total. The molecule has 0 saturated carbocycles. The van der Waals surface area contributed by atoms with Gasteiger partial charge in [-0.1, -0.05) is 30.3 Å². The number of hydrogen-bond acceptors (Lipinski definition) is 4. The summed E-state index contributed by atoms with van der Waals surface area (Å²) in [5.41, 5.74) is 3.99. The highest BCUT2D eigenvalue weighted by atomic mass is 32.1. The topological polar surface area (TPSA) is 54.0 Å². The number of rotatable bonds is 6. The molecular weight excluding hydrogens is 409 g/mol. The van der Waals surface area contributed by atoms with E-state index in [1.54, 1.807) is 24.4 Å². The van der Waals surface area contributed by atoms with Gasteiger partial charge in [0.15, 0.2) is 0 Å². The number of benzene rings is 2. The number of carbonyl (C=O) groups is 1. The van der Waals surface area contributed by atoms with Crippen molar-refractivity contribution in [3.8, 4) is 0 Å². The van der Waals surface area contributed by atoms with Crippen molar-refractivity contribution in [2.24, 2.45) is 0 Å². The Bertz CT molecular complexity index is 1190. The summed E-state index contributed by atoms with van der Waals surface area (Å²) in [5.74, 6) is -0.491. The second-order valence-electron chi connectivity index (χ2n) is 7.19. The third-order valence-electron chi connectivity index (χ3n) is 5.10. The SMILES string of the molecule is Cc1sc(NC(=O)c2ccccc2)c([C@@H](Nc2cccc(F)c2)c2ccccn2)c1C. The molecule has 4 rings (SSSR count). The number of aryl methyl sites for hydroxylation is 1. The highest BCUT2D eigenvalue weighted by Gasteiger charge is 2.25. The number of aromatic nitrogens is 1. The highest BCUT2D eigenvalue weighted by Crippen LogP contribution is 2.40. The van der Waals surface area contributed by atoms with Crippen molar-refractivity contribution in [2.75, 3.05) is 10.6 Å². The number of amides is 1. The van der Waals surface area contributed by atoms with Crippen molar-refractivity contribution in [1.82, 2.24) is 4.98 Å². The maximum Gasteiger partial charge on any atom is 0.256 e. The zero-order chi connectivity index (χ0) is 21.8. The summed E-state index contributed by atoms with van der Waals surface area (Å²) in [4.78, 5) is 18.5. The third kappa shape index (κ3) is 4.64. The molecule has 0 aliphatic heterocycles. The van der Waals surface area contributed by atoms with Gasteiger partial charge >= 0.3 is 0 Å². The largest absolute Gasteiger partial charge is 0.373 e. The van der Waals surface area contributed by atoms with Crippen LogP contribution in [0.15, 0.2) is 79.0 Å². The van der Waals surface area contributed by atoms with Gasteiger partial charge in [0.1, 0.15) is 10.8 Å². The molecule has 0 radical (unpaired) electrons. The first kappa shape index (κ1) is 20.8. The molecule has 156 valence electrons. The minimum atomic E-state index is -0.362. The Balaban J connectivity index is 1.76. The van der Waals surface area contributed by atoms with E-state index in [4.69, 9.17) is 0 Å². The van der Waals surface area contributed by atoms with Crippen LogP contribution >= 0.6 is 11.3 Å². The molecular formula is C25H22FN3OS. The van der Waals surface area contributed by atoms with E-state index < -0.39 is 0 Å². The van der Waals surface area contributed by atoms with Crippen molar-refractivity contribution >= 4 is 27.9 Å². The first-order valence-electron chi connectivity index (χ1n) is 9.92. The summed E-state index contributed by atoms with van der Waals surface area (Å²) < 4.78 is 13.8. The van der Waals surface area contributed by atoms with Gasteiger partial charge in [0.25, 0.3) is 5.91 Å². The van der Waals surface area contributed by atoms with E-state index in [0.717, 1.165) is 26.7 Å². The number of halogens is 1. The summed E-state index contributed by atoms with van der Waals surface area (Å²) in [6.45, 7) is 4.06. The predicted octanol–water partition coefficient (Wildman–Crippen LogP) is 6.35. The number of nitrogens with one attached hydrogen (secondary N) is 2. The number of pyridine rings is 1. The average molecular weight is 432 g/mol. The van der Waals surface area contributed by atoms with Gasteiger partial charge in [-0.25, -0.2) is 4.39 Å². The third-order valence-corrected chi connectivity index (χ3v) is 6.24. The monoisotopic (exact) mass is 431 g/mol. The molecule has 6 heteroatoms. The Labute approximate surface area is 184 Å². The summed E-state index contributed by atoms with van der Waals surface area (Å²) >= 11 is 1.53. The van der Waals surface area contributed by atoms with Crippen LogP contribution in [0.4, 0.5) is 15.1 Å². The fraction of sp³-hybridized carbons (Fsp3) is 0.120. The Morgan fingerprint density at radius 1 is 1.00 bits per heavy atom. The zero-order valence-corrected chi connectivity index (χ0v) is 18.0. The highest BCUT2D eigenvalue weighted by molar-refractivity contribution is 7.16. The van der Waals surface area contributed by atoms with Gasteiger partial charge < -0.3 is 10.6 Å². The van der Waals surface area contributed by atoms with E-state index in [1.165, 1.54) is 23.5 Å². The van der Waals surface area contributed by atoms with Gasteiger partial charge in [0.2, 0.25) is 0 Å². The van der Waals surface area contributed by atoms with Crippen molar-refractivity contribution in [2.45, 2.75) is 19.9 Å². The number of thiophene rings is 1. The molecule has 0 bridgehead atoms. The fourth-order valence-corrected chi connectivity index (χ4v) is 4.53. The van der Waals surface area contributed by atoms with Crippen LogP contribution in [0.3, 0.4) is 0 Å². The Morgan fingerprint density at radius 2 is 1.77 bits per heavy atom. The summed E-state index contributed by atoms with van der Waals surface area (Å²) in [6.07, 6.45) is 1.73. The van der Waals surface area contributed by atoms with E-state index in [2.05, 4.69) is 15.6 Å². The molecule has 0 unspecified atom stereocenters. The number of anilines is 2. The lowest BCUT2D eigenvalue weighted by Gasteiger charge is -2.22. The lowest BCUT2D eigenvalue weighted by Crippen LogP contribution is -2.18. The predicted molar refractivity (Wildman–Crippen MR) is 124 cm³/mol. The number of nitrogens with zero attached hydrogens (tertiary/aromatic N) is 1. The molecule has 1 atom stereocenters. The molecule has 1 amide bonds. The van der Waals surface area contributed by atoms with Crippen molar-refractivity contribution in [1.29, 1.82) is 0 Å². The van der Waals surface area contributed by atoms with Crippen LogP contribution in [-0.4, -0.2) is 10.9 Å². The Hall–Kier alpha value is -3.51. The molecule has 2 aromatic heterocycles. The number of hydrogen-bond donors (Lipinski definition) is 2. The van der Waals surface area contributed by atoms with E-state index in [1.807, 2.05) is 56.3 Å². The van der Waals surface area contributed by atoms with Crippen molar-refractivity contribution in [3.05, 3.63) is 112 Å². The molecule has 2 N–H and O–H groups in total. The van der Waals surface area contributed by atoms with Gasteiger partial charge in [-0.15, -0.1) is 11.3 Å². The van der Waals surface area contributed by atoms with Crippen LogP contribution in [-0.2, 0) is 0 Å². The van der Waals surface area contributed by atoms with Gasteiger partial charge in [-0.3, -0.25) is 9.78 Å². The van der Waals surface area contributed by atoms with Gasteiger partial charge in [0, 0.05) is 27.9 Å². The smallest absolute Gasteiger partial charge is 0.256 e. The van der Waals surface area contributed by atoms with Crippen LogP contribution in [0.25, 0.3) is 0 Å². The van der Waals surface area contributed by atoms with Crippen LogP contribution < -0.4 is 10.6 Å². The standard InChI is InChI=1S/C25H22FN3OS/c1-16-17(2)31-25(29-24(30)18-9-4-3-5-10-18)22(16)23(21-13-6-7-14-27-21)28-20-12-8-11-19(26)15-20/h3-15,23,28H,1-2H3,(H,29,30)/t23-/m0/s1. The minimum absolute atomic E-state index is 0.173. The fourth-order valence-electron chi connectivity index (χ4n) is 3.44. The van der Waals surface area contributed by atoms with Crippen LogP contribution in [0.5, 0.6) is 0 Å². The van der Waals surface area contributed by atoms with E-state index in [9.17, 15) is 9.18 Å². The lowest BCUT2D eigenvalue weighted by atomic mass is 9.99. The zero-order valence-electron chi connectivity index (χ0n) is 17.2. The first-order valence-corrected chi connectivity index (χ1v) is 10.7. The maximum atomic E-state index is 13.8. The van der Waals surface area contributed by atoms with Crippen LogP contribution in [0.2, 0.25) is 0 Å².